The summed E-state index contributed by atoms with van der Waals surface area (Å²) in [7, 11) is 1.67. The fourth-order valence-electron chi connectivity index (χ4n) is 2.28. The van der Waals surface area contributed by atoms with Crippen molar-refractivity contribution in [3.63, 3.8) is 0 Å². The Bertz CT molecular complexity index is 1010. The fraction of sp³-hybridized carbons (Fsp3) is 0.167. The van der Waals surface area contributed by atoms with E-state index in [4.69, 9.17) is 16.3 Å². The molecular weight excluding hydrogens is 374 g/mol. The average molecular weight is 390 g/mol. The van der Waals surface area contributed by atoms with E-state index in [0.29, 0.717) is 10.2 Å². The van der Waals surface area contributed by atoms with Gasteiger partial charge in [0, 0.05) is 29.1 Å². The first-order valence-electron chi connectivity index (χ1n) is 7.74. The van der Waals surface area contributed by atoms with Crippen LogP contribution in [0.4, 0.5) is 5.13 Å². The quantitative estimate of drug-likeness (QED) is 0.723. The molecule has 2 aromatic heterocycles. The summed E-state index contributed by atoms with van der Waals surface area (Å²) >= 11 is 7.41. The smallest absolute Gasteiger partial charge is 0.274 e. The minimum Gasteiger partial charge on any atom is -0.483 e. The molecule has 3 rings (SSSR count). The number of anilines is 1. The lowest BCUT2D eigenvalue weighted by Crippen LogP contribution is -2.21. The first kappa shape index (κ1) is 18.2. The summed E-state index contributed by atoms with van der Waals surface area (Å²) in [5, 5.41) is 5.57. The van der Waals surface area contributed by atoms with Crippen molar-refractivity contribution in [1.29, 1.82) is 0 Å². The summed E-state index contributed by atoms with van der Waals surface area (Å²) in [6, 6.07) is 8.49. The monoisotopic (exact) mass is 389 g/mol. The lowest BCUT2D eigenvalue weighted by atomic mass is 10.2. The molecule has 0 fully saturated rings. The number of carbonyl (C=O) groups is 1. The summed E-state index contributed by atoms with van der Waals surface area (Å²) < 4.78 is 7.12. The second-order valence-corrected chi connectivity index (χ2v) is 6.89. The van der Waals surface area contributed by atoms with E-state index in [0.717, 1.165) is 11.3 Å². The lowest BCUT2D eigenvalue weighted by Gasteiger charge is -2.11. The molecule has 0 saturated carbocycles. The van der Waals surface area contributed by atoms with Crippen molar-refractivity contribution in [2.24, 2.45) is 7.05 Å². The van der Waals surface area contributed by atoms with Crippen LogP contribution in [0.25, 0.3) is 0 Å². The van der Waals surface area contributed by atoms with Crippen LogP contribution in [0.15, 0.2) is 46.7 Å². The van der Waals surface area contributed by atoms with Crippen LogP contribution in [0.2, 0.25) is 5.02 Å². The van der Waals surface area contributed by atoms with Gasteiger partial charge in [-0.15, -0.1) is 11.3 Å². The van der Waals surface area contributed by atoms with E-state index >= 15 is 0 Å². The number of hydrogen-bond acceptors (Lipinski definition) is 5. The van der Waals surface area contributed by atoms with Gasteiger partial charge in [-0.2, -0.15) is 0 Å². The Morgan fingerprint density at radius 2 is 2.15 bits per heavy atom. The van der Waals surface area contributed by atoms with Gasteiger partial charge in [0.05, 0.1) is 11.9 Å². The van der Waals surface area contributed by atoms with Crippen molar-refractivity contribution in [3.05, 3.63) is 74.1 Å². The van der Waals surface area contributed by atoms with E-state index < -0.39 is 5.91 Å². The zero-order chi connectivity index (χ0) is 18.7. The largest absolute Gasteiger partial charge is 0.483 e. The topological polar surface area (TPSA) is 73.2 Å². The number of aryl methyl sites for hydroxylation is 2. The molecule has 3 aromatic rings. The number of nitrogens with zero attached hydrogens (tertiary/aromatic N) is 2. The second kappa shape index (κ2) is 7.72. The average Bonchev–Trinajstić information content (AvgIpc) is 3.01. The highest BCUT2D eigenvalue weighted by Gasteiger charge is 2.14. The molecule has 0 unspecified atom stereocenters. The van der Waals surface area contributed by atoms with Gasteiger partial charge in [0.2, 0.25) is 5.43 Å². The highest BCUT2D eigenvalue weighted by Crippen LogP contribution is 2.18. The molecule has 1 amide bonds. The van der Waals surface area contributed by atoms with Crippen LogP contribution in [0, 0.1) is 6.92 Å². The minimum atomic E-state index is -0.406. The van der Waals surface area contributed by atoms with Gasteiger partial charge in [0.1, 0.15) is 12.3 Å². The number of benzene rings is 1. The zero-order valence-electron chi connectivity index (χ0n) is 14.2. The summed E-state index contributed by atoms with van der Waals surface area (Å²) in [6.45, 7) is 2.01. The van der Waals surface area contributed by atoms with E-state index in [-0.39, 0.29) is 23.5 Å². The van der Waals surface area contributed by atoms with Crippen LogP contribution in [-0.2, 0) is 13.7 Å². The maximum atomic E-state index is 12.4. The van der Waals surface area contributed by atoms with Gasteiger partial charge in [-0.1, -0.05) is 29.8 Å². The summed E-state index contributed by atoms with van der Waals surface area (Å²) in [5.41, 5.74) is 1.43. The third-order valence-electron chi connectivity index (χ3n) is 3.61. The molecule has 0 bridgehead atoms. The number of rotatable bonds is 5. The standard InChI is InChI=1S/C18H16ClN3O3S/c1-11-10-26-18(20-11)21-17(24)14-7-15(23)16(8-22(14)2)25-9-12-5-3-4-6-13(12)19/h3-8,10H,9H2,1-2H3,(H,20,21,24). The van der Waals surface area contributed by atoms with Gasteiger partial charge in [-0.05, 0) is 13.0 Å². The molecule has 26 heavy (non-hydrogen) atoms. The Morgan fingerprint density at radius 1 is 1.38 bits per heavy atom. The van der Waals surface area contributed by atoms with E-state index in [9.17, 15) is 9.59 Å². The van der Waals surface area contributed by atoms with Crippen molar-refractivity contribution < 1.29 is 9.53 Å². The van der Waals surface area contributed by atoms with Crippen LogP contribution in [0.3, 0.4) is 0 Å². The minimum absolute atomic E-state index is 0.147. The van der Waals surface area contributed by atoms with Gasteiger partial charge in [0.25, 0.3) is 5.91 Å². The van der Waals surface area contributed by atoms with Crippen LogP contribution in [-0.4, -0.2) is 15.5 Å². The molecule has 0 saturated heterocycles. The lowest BCUT2D eigenvalue weighted by molar-refractivity contribution is 0.101. The molecule has 8 heteroatoms. The molecule has 0 radical (unpaired) electrons. The molecule has 6 nitrogen and oxygen atoms in total. The van der Waals surface area contributed by atoms with Crippen molar-refractivity contribution in [1.82, 2.24) is 9.55 Å². The Balaban J connectivity index is 1.76. The Kier molecular flexibility index (Phi) is 5.39. The van der Waals surface area contributed by atoms with Crippen LogP contribution in [0.5, 0.6) is 5.75 Å². The predicted molar refractivity (Wildman–Crippen MR) is 102 cm³/mol. The number of ether oxygens (including phenoxy) is 1. The Labute approximate surface area is 159 Å². The van der Waals surface area contributed by atoms with Gasteiger partial charge >= 0.3 is 0 Å². The number of nitrogens with one attached hydrogen (secondary N) is 1. The number of thiazole rings is 1. The molecule has 2 heterocycles. The predicted octanol–water partition coefficient (Wildman–Crippen LogP) is 3.63. The fourth-order valence-corrected chi connectivity index (χ4v) is 3.16. The highest BCUT2D eigenvalue weighted by molar-refractivity contribution is 7.13. The molecule has 0 aliphatic heterocycles. The van der Waals surface area contributed by atoms with Crippen molar-refractivity contribution in [2.75, 3.05) is 5.32 Å². The van der Waals surface area contributed by atoms with Crippen molar-refractivity contribution in [3.8, 4) is 5.75 Å². The summed E-state index contributed by atoms with van der Waals surface area (Å²) in [4.78, 5) is 28.8. The van der Waals surface area contributed by atoms with Gasteiger partial charge in [-0.25, -0.2) is 4.98 Å². The number of hydrogen-bond donors (Lipinski definition) is 1. The normalized spacial score (nSPS) is 10.6. The van der Waals surface area contributed by atoms with Crippen LogP contribution in [0.1, 0.15) is 21.7 Å². The third kappa shape index (κ3) is 4.12. The molecular formula is C18H16ClN3O3S. The molecule has 0 aliphatic carbocycles. The maximum Gasteiger partial charge on any atom is 0.274 e. The van der Waals surface area contributed by atoms with E-state index in [1.807, 2.05) is 30.5 Å². The number of amides is 1. The number of halogens is 1. The van der Waals surface area contributed by atoms with Crippen LogP contribution >= 0.6 is 22.9 Å². The number of carbonyl (C=O) groups excluding carboxylic acids is 1. The molecule has 134 valence electrons. The van der Waals surface area contributed by atoms with Gasteiger partial charge in [0.15, 0.2) is 10.9 Å². The van der Waals surface area contributed by atoms with Gasteiger partial charge in [-0.3, -0.25) is 14.9 Å². The number of aromatic nitrogens is 2. The number of pyridine rings is 1. The Morgan fingerprint density at radius 3 is 2.85 bits per heavy atom. The van der Waals surface area contributed by atoms with Crippen molar-refractivity contribution in [2.45, 2.75) is 13.5 Å². The molecule has 0 aliphatic rings. The van der Waals surface area contributed by atoms with Crippen molar-refractivity contribution >= 4 is 34.0 Å². The van der Waals surface area contributed by atoms with E-state index in [2.05, 4.69) is 10.3 Å². The summed E-state index contributed by atoms with van der Waals surface area (Å²) in [6.07, 6.45) is 1.49. The first-order valence-corrected chi connectivity index (χ1v) is 9.00. The van der Waals surface area contributed by atoms with Gasteiger partial charge < -0.3 is 9.30 Å². The zero-order valence-corrected chi connectivity index (χ0v) is 15.7. The maximum absolute atomic E-state index is 12.4. The third-order valence-corrected chi connectivity index (χ3v) is 4.86. The van der Waals surface area contributed by atoms with E-state index in [1.54, 1.807) is 17.7 Å². The first-order chi connectivity index (χ1) is 12.4. The van der Waals surface area contributed by atoms with Crippen LogP contribution < -0.4 is 15.5 Å². The second-order valence-electron chi connectivity index (χ2n) is 5.63. The molecule has 0 atom stereocenters. The summed E-state index contributed by atoms with van der Waals surface area (Å²) in [5.74, 6) is -0.259. The molecule has 0 spiro atoms. The SMILES string of the molecule is Cc1csc(NC(=O)c2cc(=O)c(OCc3ccccc3Cl)cn2C)n1. The van der Waals surface area contributed by atoms with E-state index in [1.165, 1.54) is 23.6 Å². The molecule has 1 N–H and O–H groups in total. The molecule has 1 aromatic carbocycles. The highest BCUT2D eigenvalue weighted by atomic mass is 35.5. The Hall–Kier alpha value is -2.64.